The van der Waals surface area contributed by atoms with Crippen LogP contribution in [-0.2, 0) is 22.7 Å². The number of amides is 1. The van der Waals surface area contributed by atoms with Crippen LogP contribution in [0, 0.1) is 0 Å². The molecule has 0 aromatic carbocycles. The number of pyridine rings is 1. The molecular weight excluding hydrogens is 339 g/mol. The molecule has 2 aromatic rings. The van der Waals surface area contributed by atoms with Crippen LogP contribution in [0.2, 0.25) is 10.0 Å². The lowest BCUT2D eigenvalue weighted by molar-refractivity contribution is -0.116. The molecule has 0 spiro atoms. The van der Waals surface area contributed by atoms with Crippen LogP contribution in [-0.4, -0.2) is 27.8 Å². The summed E-state index contributed by atoms with van der Waals surface area (Å²) in [6, 6.07) is 1.32. The molecule has 0 radical (unpaired) electrons. The van der Waals surface area contributed by atoms with Crippen LogP contribution in [0.15, 0.2) is 17.1 Å². The number of carbonyl (C=O) groups is 1. The zero-order valence-corrected chi connectivity index (χ0v) is 13.1. The van der Waals surface area contributed by atoms with Crippen LogP contribution in [0.3, 0.4) is 0 Å². The molecule has 0 saturated carbocycles. The van der Waals surface area contributed by atoms with E-state index in [1.807, 2.05) is 0 Å². The highest BCUT2D eigenvalue weighted by Crippen LogP contribution is 2.16. The van der Waals surface area contributed by atoms with Gasteiger partial charge < -0.3 is 9.30 Å². The first-order valence-corrected chi connectivity index (χ1v) is 7.23. The molecule has 2 heterocycles. The number of methoxy groups -OCH3 is 1. The monoisotopic (exact) mass is 348 g/mol. The Morgan fingerprint density at radius 3 is 2.95 bits per heavy atom. The summed E-state index contributed by atoms with van der Waals surface area (Å²) in [5.41, 5.74) is -0.492. The van der Waals surface area contributed by atoms with Crippen molar-refractivity contribution in [2.45, 2.75) is 13.2 Å². The minimum atomic E-state index is -0.492. The van der Waals surface area contributed by atoms with E-state index in [0.717, 1.165) is 4.57 Å². The van der Waals surface area contributed by atoms with Crippen LogP contribution in [0.1, 0.15) is 5.01 Å². The highest BCUT2D eigenvalue weighted by molar-refractivity contribution is 7.15. The highest BCUT2D eigenvalue weighted by Gasteiger charge is 2.11. The predicted octanol–water partition coefficient (Wildman–Crippen LogP) is 1.79. The molecule has 0 saturated heterocycles. The fourth-order valence-corrected chi connectivity index (χ4v) is 2.72. The van der Waals surface area contributed by atoms with Gasteiger partial charge in [-0.3, -0.25) is 14.9 Å². The van der Waals surface area contributed by atoms with Gasteiger partial charge in [0.05, 0.1) is 5.02 Å². The minimum Gasteiger partial charge on any atom is -0.377 e. The van der Waals surface area contributed by atoms with E-state index < -0.39 is 11.5 Å². The Balaban J connectivity index is 2.06. The molecule has 0 bridgehead atoms. The van der Waals surface area contributed by atoms with Crippen molar-refractivity contribution in [1.82, 2.24) is 14.8 Å². The fourth-order valence-electron chi connectivity index (χ4n) is 1.48. The Morgan fingerprint density at radius 1 is 1.48 bits per heavy atom. The van der Waals surface area contributed by atoms with Crippen molar-refractivity contribution < 1.29 is 9.53 Å². The topological polar surface area (TPSA) is 86.1 Å². The number of hydrogen-bond donors (Lipinski definition) is 1. The van der Waals surface area contributed by atoms with E-state index in [4.69, 9.17) is 27.9 Å². The quantitative estimate of drug-likeness (QED) is 0.890. The number of nitrogens with one attached hydrogen (secondary N) is 1. The van der Waals surface area contributed by atoms with Crippen molar-refractivity contribution in [3.8, 4) is 0 Å². The van der Waals surface area contributed by atoms with Crippen molar-refractivity contribution in [2.24, 2.45) is 0 Å². The van der Waals surface area contributed by atoms with Gasteiger partial charge in [0, 0.05) is 13.3 Å². The number of anilines is 1. The Labute approximate surface area is 133 Å². The van der Waals surface area contributed by atoms with Gasteiger partial charge in [-0.2, -0.15) is 0 Å². The zero-order chi connectivity index (χ0) is 15.4. The molecular formula is C11H10Cl2N4O3S. The van der Waals surface area contributed by atoms with Gasteiger partial charge in [-0.25, -0.2) is 0 Å². The third-order valence-electron chi connectivity index (χ3n) is 2.30. The van der Waals surface area contributed by atoms with Gasteiger partial charge in [0.15, 0.2) is 0 Å². The van der Waals surface area contributed by atoms with E-state index in [1.165, 1.54) is 30.7 Å². The van der Waals surface area contributed by atoms with Crippen molar-refractivity contribution in [2.75, 3.05) is 12.4 Å². The first-order chi connectivity index (χ1) is 9.99. The van der Waals surface area contributed by atoms with E-state index in [2.05, 4.69) is 15.5 Å². The molecule has 2 aromatic heterocycles. The smallest absolute Gasteiger partial charge is 0.269 e. The van der Waals surface area contributed by atoms with Gasteiger partial charge in [0.1, 0.15) is 23.2 Å². The van der Waals surface area contributed by atoms with Gasteiger partial charge >= 0.3 is 0 Å². The molecule has 0 fully saturated rings. The first kappa shape index (κ1) is 15.9. The number of carbonyl (C=O) groups excluding carboxylic acids is 1. The number of ether oxygens (including phenoxy) is 1. The second-order valence-corrected chi connectivity index (χ2v) is 5.83. The summed E-state index contributed by atoms with van der Waals surface area (Å²) in [7, 11) is 1.54. The summed E-state index contributed by atoms with van der Waals surface area (Å²) in [5.74, 6) is -0.435. The number of nitrogens with zero attached hydrogens (tertiary/aromatic N) is 3. The van der Waals surface area contributed by atoms with E-state index >= 15 is 0 Å². The molecule has 0 aliphatic carbocycles. The predicted molar refractivity (Wildman–Crippen MR) is 80.0 cm³/mol. The third-order valence-corrected chi connectivity index (χ3v) is 3.59. The molecule has 2 rings (SSSR count). The van der Waals surface area contributed by atoms with Crippen LogP contribution in [0.5, 0.6) is 0 Å². The van der Waals surface area contributed by atoms with Gasteiger partial charge in [-0.1, -0.05) is 34.5 Å². The number of aromatic nitrogens is 3. The SMILES string of the molecule is COCc1nnc(NC(=O)Cn2cc(Cl)cc(Cl)c2=O)s1. The maximum atomic E-state index is 11.9. The summed E-state index contributed by atoms with van der Waals surface area (Å²) in [6.45, 7) is 0.0925. The number of rotatable bonds is 5. The molecule has 1 amide bonds. The molecule has 0 unspecified atom stereocenters. The molecule has 1 N–H and O–H groups in total. The Hall–Kier alpha value is -1.48. The van der Waals surface area contributed by atoms with Crippen LogP contribution in [0.4, 0.5) is 5.13 Å². The fraction of sp³-hybridized carbons (Fsp3) is 0.273. The average Bonchev–Trinajstić information content (AvgIpc) is 2.83. The summed E-state index contributed by atoms with van der Waals surface area (Å²) in [5, 5.41) is 11.3. The molecule has 7 nitrogen and oxygen atoms in total. The van der Waals surface area contributed by atoms with E-state index in [9.17, 15) is 9.59 Å². The van der Waals surface area contributed by atoms with Crippen LogP contribution < -0.4 is 10.9 Å². The first-order valence-electron chi connectivity index (χ1n) is 5.66. The standard InChI is InChI=1S/C11H10Cl2N4O3S/c1-20-5-9-15-16-11(21-9)14-8(18)4-17-3-6(12)2-7(13)10(17)19/h2-3H,4-5H2,1H3,(H,14,16,18). The van der Waals surface area contributed by atoms with Crippen molar-refractivity contribution >= 4 is 45.6 Å². The lowest BCUT2D eigenvalue weighted by Gasteiger charge is -2.06. The van der Waals surface area contributed by atoms with Gasteiger partial charge in [-0.15, -0.1) is 10.2 Å². The van der Waals surface area contributed by atoms with Gasteiger partial charge in [0.25, 0.3) is 5.56 Å². The second-order valence-electron chi connectivity index (χ2n) is 3.92. The Kier molecular flexibility index (Phi) is 5.29. The lowest BCUT2D eigenvalue weighted by atomic mass is 10.4. The molecule has 0 aliphatic heterocycles. The number of halogens is 2. The average molecular weight is 349 g/mol. The minimum absolute atomic E-state index is 0.0476. The highest BCUT2D eigenvalue weighted by atomic mass is 35.5. The van der Waals surface area contributed by atoms with Gasteiger partial charge in [0.2, 0.25) is 11.0 Å². The molecule has 0 aliphatic rings. The molecule has 112 valence electrons. The van der Waals surface area contributed by atoms with Crippen molar-refractivity contribution in [1.29, 1.82) is 0 Å². The maximum absolute atomic E-state index is 11.9. The third kappa shape index (κ3) is 4.24. The largest absolute Gasteiger partial charge is 0.377 e. The Morgan fingerprint density at radius 2 is 2.24 bits per heavy atom. The second kappa shape index (κ2) is 6.99. The molecule has 21 heavy (non-hydrogen) atoms. The van der Waals surface area contributed by atoms with Crippen LogP contribution >= 0.6 is 34.5 Å². The summed E-state index contributed by atoms with van der Waals surface area (Å²) < 4.78 is 6.03. The summed E-state index contributed by atoms with van der Waals surface area (Å²) in [4.78, 5) is 23.6. The van der Waals surface area contributed by atoms with Crippen molar-refractivity contribution in [3.05, 3.63) is 37.7 Å². The van der Waals surface area contributed by atoms with Gasteiger partial charge in [-0.05, 0) is 6.07 Å². The maximum Gasteiger partial charge on any atom is 0.269 e. The van der Waals surface area contributed by atoms with E-state index in [-0.39, 0.29) is 16.6 Å². The zero-order valence-electron chi connectivity index (χ0n) is 10.8. The lowest BCUT2D eigenvalue weighted by Crippen LogP contribution is -2.27. The summed E-state index contributed by atoms with van der Waals surface area (Å²) in [6.07, 6.45) is 1.34. The molecule has 0 atom stereocenters. The Bertz CT molecular complexity index is 716. The van der Waals surface area contributed by atoms with Crippen molar-refractivity contribution in [3.63, 3.8) is 0 Å². The van der Waals surface area contributed by atoms with Crippen LogP contribution in [0.25, 0.3) is 0 Å². The van der Waals surface area contributed by atoms with E-state index in [0.29, 0.717) is 16.7 Å². The van der Waals surface area contributed by atoms with E-state index in [1.54, 1.807) is 0 Å². The normalized spacial score (nSPS) is 10.6. The molecule has 10 heteroatoms. The summed E-state index contributed by atoms with van der Waals surface area (Å²) >= 11 is 12.7. The number of hydrogen-bond acceptors (Lipinski definition) is 6.